The summed E-state index contributed by atoms with van der Waals surface area (Å²) < 4.78 is 5.45. The molecule has 1 aromatic heterocycles. The number of hydrogen-bond donors (Lipinski definition) is 1. The molecule has 6 heteroatoms. The van der Waals surface area contributed by atoms with Crippen molar-refractivity contribution in [2.24, 2.45) is 0 Å². The second-order valence-electron chi connectivity index (χ2n) is 4.04. The predicted molar refractivity (Wildman–Crippen MR) is 68.5 cm³/mol. The van der Waals surface area contributed by atoms with Crippen LogP contribution in [-0.4, -0.2) is 15.0 Å². The van der Waals surface area contributed by atoms with Gasteiger partial charge < -0.3 is 9.84 Å². The van der Waals surface area contributed by atoms with Gasteiger partial charge in [-0.15, -0.1) is 0 Å². The van der Waals surface area contributed by atoms with Crippen LogP contribution in [0.5, 0.6) is 17.4 Å². The molecule has 0 saturated heterocycles. The van der Waals surface area contributed by atoms with E-state index in [0.717, 1.165) is 0 Å². The van der Waals surface area contributed by atoms with E-state index in [9.17, 15) is 15.2 Å². The average Bonchev–Trinajstić information content (AvgIpc) is 2.35. The highest BCUT2D eigenvalue weighted by Crippen LogP contribution is 2.33. The summed E-state index contributed by atoms with van der Waals surface area (Å²) in [6.45, 7) is 3.37. The number of nitro groups is 1. The molecular formula is C13H12N2O4. The molecule has 1 heterocycles. The Balaban J connectivity index is 2.45. The van der Waals surface area contributed by atoms with Gasteiger partial charge >= 0.3 is 5.69 Å². The quantitative estimate of drug-likeness (QED) is 0.677. The van der Waals surface area contributed by atoms with Crippen LogP contribution in [-0.2, 0) is 0 Å². The molecule has 1 aromatic carbocycles. The number of phenols is 1. The zero-order chi connectivity index (χ0) is 14.0. The molecule has 0 unspecified atom stereocenters. The first kappa shape index (κ1) is 12.8. The molecule has 0 saturated carbocycles. The van der Waals surface area contributed by atoms with E-state index >= 15 is 0 Å². The maximum atomic E-state index is 10.9. The van der Waals surface area contributed by atoms with Gasteiger partial charge in [-0.25, -0.2) is 4.98 Å². The Morgan fingerprint density at radius 1 is 1.26 bits per heavy atom. The molecule has 0 bridgehead atoms. The minimum Gasteiger partial charge on any atom is -0.508 e. The van der Waals surface area contributed by atoms with Crippen molar-refractivity contribution >= 4 is 5.69 Å². The summed E-state index contributed by atoms with van der Waals surface area (Å²) in [6, 6.07) is 7.61. The smallest absolute Gasteiger partial charge is 0.331 e. The van der Waals surface area contributed by atoms with Crippen molar-refractivity contribution in [3.63, 3.8) is 0 Å². The third-order valence-corrected chi connectivity index (χ3v) is 2.64. The number of ether oxygens (including phenoxy) is 1. The summed E-state index contributed by atoms with van der Waals surface area (Å²) in [4.78, 5) is 14.4. The first-order chi connectivity index (χ1) is 8.99. The number of aryl methyl sites for hydroxylation is 1. The number of nitrogens with zero attached hydrogens (tertiary/aromatic N) is 2. The standard InChI is InChI=1S/C13H12N2O4/c1-8-6-7-10(15(17)18)13(14-8)19-12-5-3-4-11(16)9(12)2/h3-7,16H,1-2H3. The van der Waals surface area contributed by atoms with E-state index in [1.165, 1.54) is 12.1 Å². The van der Waals surface area contributed by atoms with Crippen LogP contribution in [0.4, 0.5) is 5.69 Å². The fourth-order valence-corrected chi connectivity index (χ4v) is 1.56. The molecule has 0 aliphatic carbocycles. The van der Waals surface area contributed by atoms with Gasteiger partial charge in [0.05, 0.1) is 4.92 Å². The minimum atomic E-state index is -0.556. The van der Waals surface area contributed by atoms with Crippen LogP contribution in [0.15, 0.2) is 30.3 Å². The molecular weight excluding hydrogens is 248 g/mol. The van der Waals surface area contributed by atoms with Gasteiger partial charge in [0.1, 0.15) is 11.5 Å². The van der Waals surface area contributed by atoms with Gasteiger partial charge in [0.15, 0.2) is 0 Å². The van der Waals surface area contributed by atoms with Crippen molar-refractivity contribution in [1.82, 2.24) is 4.98 Å². The molecule has 0 amide bonds. The van der Waals surface area contributed by atoms with E-state index in [2.05, 4.69) is 4.98 Å². The maximum Gasteiger partial charge on any atom is 0.331 e. The topological polar surface area (TPSA) is 85.5 Å². The molecule has 1 N–H and O–H groups in total. The van der Waals surface area contributed by atoms with Crippen LogP contribution in [0.3, 0.4) is 0 Å². The number of benzene rings is 1. The van der Waals surface area contributed by atoms with Crippen molar-refractivity contribution in [2.45, 2.75) is 13.8 Å². The van der Waals surface area contributed by atoms with Gasteiger partial charge in [0.2, 0.25) is 0 Å². The fourth-order valence-electron chi connectivity index (χ4n) is 1.56. The summed E-state index contributed by atoms with van der Waals surface area (Å²) in [7, 11) is 0. The van der Waals surface area contributed by atoms with Crippen LogP contribution in [0.2, 0.25) is 0 Å². The summed E-state index contributed by atoms with van der Waals surface area (Å²) in [5.41, 5.74) is 0.895. The molecule has 0 aliphatic rings. The van der Waals surface area contributed by atoms with Crippen LogP contribution in [0, 0.1) is 24.0 Å². The lowest BCUT2D eigenvalue weighted by atomic mass is 10.2. The Labute approximate surface area is 109 Å². The molecule has 19 heavy (non-hydrogen) atoms. The average molecular weight is 260 g/mol. The fraction of sp³-hybridized carbons (Fsp3) is 0.154. The molecule has 2 rings (SSSR count). The first-order valence-corrected chi connectivity index (χ1v) is 5.57. The predicted octanol–water partition coefficient (Wildman–Crippen LogP) is 3.10. The number of phenolic OH excluding ortho intramolecular Hbond substituents is 1. The van der Waals surface area contributed by atoms with Crippen molar-refractivity contribution in [1.29, 1.82) is 0 Å². The summed E-state index contributed by atoms with van der Waals surface area (Å²) in [5, 5.41) is 20.5. The third-order valence-electron chi connectivity index (χ3n) is 2.64. The van der Waals surface area contributed by atoms with Crippen molar-refractivity contribution in [3.05, 3.63) is 51.7 Å². The first-order valence-electron chi connectivity index (χ1n) is 5.57. The van der Waals surface area contributed by atoms with Gasteiger partial charge in [-0.05, 0) is 32.0 Å². The van der Waals surface area contributed by atoms with Crippen molar-refractivity contribution < 1.29 is 14.8 Å². The van der Waals surface area contributed by atoms with Crippen LogP contribution < -0.4 is 4.74 Å². The molecule has 0 aliphatic heterocycles. The lowest BCUT2D eigenvalue weighted by molar-refractivity contribution is -0.386. The van der Waals surface area contributed by atoms with Gasteiger partial charge in [0.25, 0.3) is 5.88 Å². The summed E-state index contributed by atoms with van der Waals surface area (Å²) in [6.07, 6.45) is 0. The number of pyridine rings is 1. The van der Waals surface area contributed by atoms with Gasteiger partial charge in [0, 0.05) is 17.3 Å². The molecule has 0 spiro atoms. The molecule has 0 fully saturated rings. The van der Waals surface area contributed by atoms with Crippen LogP contribution in [0.1, 0.15) is 11.3 Å². The Kier molecular flexibility index (Phi) is 3.33. The lowest BCUT2D eigenvalue weighted by Gasteiger charge is -2.09. The molecule has 98 valence electrons. The minimum absolute atomic E-state index is 0.0628. The maximum absolute atomic E-state index is 10.9. The Hall–Kier alpha value is -2.63. The Morgan fingerprint density at radius 2 is 2.00 bits per heavy atom. The number of hydrogen-bond acceptors (Lipinski definition) is 5. The highest BCUT2D eigenvalue weighted by atomic mass is 16.6. The zero-order valence-corrected chi connectivity index (χ0v) is 10.5. The normalized spacial score (nSPS) is 10.2. The van der Waals surface area contributed by atoms with Gasteiger partial charge in [-0.2, -0.15) is 0 Å². The third kappa shape index (κ3) is 2.62. The number of rotatable bonds is 3. The lowest BCUT2D eigenvalue weighted by Crippen LogP contribution is -1.98. The highest BCUT2D eigenvalue weighted by Gasteiger charge is 2.18. The monoisotopic (exact) mass is 260 g/mol. The molecule has 0 radical (unpaired) electrons. The van der Waals surface area contributed by atoms with E-state index in [1.54, 1.807) is 32.0 Å². The van der Waals surface area contributed by atoms with Gasteiger partial charge in [-0.1, -0.05) is 6.07 Å². The van der Waals surface area contributed by atoms with E-state index in [-0.39, 0.29) is 17.3 Å². The second-order valence-corrected chi connectivity index (χ2v) is 4.04. The largest absolute Gasteiger partial charge is 0.508 e. The van der Waals surface area contributed by atoms with Crippen LogP contribution >= 0.6 is 0 Å². The van der Waals surface area contributed by atoms with E-state index < -0.39 is 4.92 Å². The SMILES string of the molecule is Cc1ccc([N+](=O)[O-])c(Oc2cccc(O)c2C)n1. The van der Waals surface area contributed by atoms with Gasteiger partial charge in [-0.3, -0.25) is 10.1 Å². The Bertz CT molecular complexity index is 641. The van der Waals surface area contributed by atoms with E-state index in [4.69, 9.17) is 4.74 Å². The van der Waals surface area contributed by atoms with Crippen molar-refractivity contribution in [2.75, 3.05) is 0 Å². The van der Waals surface area contributed by atoms with Crippen molar-refractivity contribution in [3.8, 4) is 17.4 Å². The molecule has 6 nitrogen and oxygen atoms in total. The second kappa shape index (κ2) is 4.93. The van der Waals surface area contributed by atoms with Crippen LogP contribution in [0.25, 0.3) is 0 Å². The molecule has 0 atom stereocenters. The summed E-state index contributed by atoms with van der Waals surface area (Å²) in [5.74, 6) is 0.313. The zero-order valence-electron chi connectivity index (χ0n) is 10.5. The van der Waals surface area contributed by atoms with E-state index in [0.29, 0.717) is 17.0 Å². The highest BCUT2D eigenvalue weighted by molar-refractivity contribution is 5.48. The Morgan fingerprint density at radius 3 is 2.68 bits per heavy atom. The summed E-state index contributed by atoms with van der Waals surface area (Å²) >= 11 is 0. The molecule has 2 aromatic rings. The number of aromatic hydroxyl groups is 1. The number of aromatic nitrogens is 1. The van der Waals surface area contributed by atoms with E-state index in [1.807, 2.05) is 0 Å².